The number of allylic oxidation sites excluding steroid dienone is 1. The Bertz CT molecular complexity index is 290. The van der Waals surface area contributed by atoms with Crippen molar-refractivity contribution in [3.8, 4) is 0 Å². The molecule has 0 fully saturated rings. The number of anilines is 1. The fourth-order valence-electron chi connectivity index (χ4n) is 1.39. The standard InChI is InChI=1S/C10H18N4/c1-3-5-6-8-14-9(7-4-2)12-13-10(14)11/h4H,2-3,5-8H2,1H3,(H2,11,13). The lowest BCUT2D eigenvalue weighted by atomic mass is 10.2. The number of rotatable bonds is 6. The number of hydrogen-bond acceptors (Lipinski definition) is 3. The van der Waals surface area contributed by atoms with Crippen molar-refractivity contribution in [1.82, 2.24) is 14.8 Å². The second-order valence-corrected chi connectivity index (χ2v) is 3.33. The molecule has 0 aliphatic heterocycles. The van der Waals surface area contributed by atoms with E-state index in [9.17, 15) is 0 Å². The molecule has 78 valence electrons. The maximum Gasteiger partial charge on any atom is 0.221 e. The predicted octanol–water partition coefficient (Wildman–Crippen LogP) is 1.78. The molecule has 0 unspecified atom stereocenters. The molecule has 0 saturated heterocycles. The fourth-order valence-corrected chi connectivity index (χ4v) is 1.39. The van der Waals surface area contributed by atoms with Crippen LogP contribution in [0.25, 0.3) is 0 Å². The van der Waals surface area contributed by atoms with E-state index in [1.165, 1.54) is 12.8 Å². The van der Waals surface area contributed by atoms with Crippen LogP contribution in [0.1, 0.15) is 32.0 Å². The molecule has 0 aromatic carbocycles. The Balaban J connectivity index is 2.62. The van der Waals surface area contributed by atoms with Crippen molar-refractivity contribution in [3.63, 3.8) is 0 Å². The molecule has 0 saturated carbocycles. The zero-order valence-corrected chi connectivity index (χ0v) is 8.74. The first kappa shape index (κ1) is 10.8. The van der Waals surface area contributed by atoms with Gasteiger partial charge in [0.1, 0.15) is 5.82 Å². The van der Waals surface area contributed by atoms with Crippen molar-refractivity contribution in [2.24, 2.45) is 0 Å². The number of nitrogen functional groups attached to an aromatic ring is 1. The van der Waals surface area contributed by atoms with Gasteiger partial charge in [-0.05, 0) is 6.42 Å². The van der Waals surface area contributed by atoms with Crippen LogP contribution in [0.2, 0.25) is 0 Å². The van der Waals surface area contributed by atoms with Gasteiger partial charge in [-0.15, -0.1) is 16.8 Å². The van der Waals surface area contributed by atoms with E-state index in [-0.39, 0.29) is 0 Å². The Kier molecular flexibility index (Phi) is 4.16. The fraction of sp³-hybridized carbons (Fsp3) is 0.600. The average molecular weight is 194 g/mol. The quantitative estimate of drug-likeness (QED) is 0.554. The van der Waals surface area contributed by atoms with Crippen molar-refractivity contribution in [1.29, 1.82) is 0 Å². The number of nitrogens with two attached hydrogens (primary N) is 1. The normalized spacial score (nSPS) is 10.4. The lowest BCUT2D eigenvalue weighted by molar-refractivity contribution is 0.590. The minimum Gasteiger partial charge on any atom is -0.368 e. The third kappa shape index (κ3) is 2.58. The van der Waals surface area contributed by atoms with E-state index < -0.39 is 0 Å². The Morgan fingerprint density at radius 1 is 1.43 bits per heavy atom. The molecule has 0 bridgehead atoms. The van der Waals surface area contributed by atoms with E-state index in [0.717, 1.165) is 25.2 Å². The number of aromatic nitrogens is 3. The van der Waals surface area contributed by atoms with Crippen molar-refractivity contribution in [3.05, 3.63) is 18.5 Å². The summed E-state index contributed by atoms with van der Waals surface area (Å²) >= 11 is 0. The highest BCUT2D eigenvalue weighted by Crippen LogP contribution is 2.08. The zero-order valence-electron chi connectivity index (χ0n) is 8.74. The highest BCUT2D eigenvalue weighted by atomic mass is 15.3. The van der Waals surface area contributed by atoms with E-state index in [0.29, 0.717) is 5.95 Å². The van der Waals surface area contributed by atoms with Crippen LogP contribution in [-0.2, 0) is 13.0 Å². The van der Waals surface area contributed by atoms with Crippen molar-refractivity contribution in [2.45, 2.75) is 39.2 Å². The highest BCUT2D eigenvalue weighted by Gasteiger charge is 2.06. The molecule has 14 heavy (non-hydrogen) atoms. The van der Waals surface area contributed by atoms with E-state index in [1.54, 1.807) is 0 Å². The first-order valence-electron chi connectivity index (χ1n) is 5.08. The molecule has 0 radical (unpaired) electrons. The van der Waals surface area contributed by atoms with Gasteiger partial charge in [0.2, 0.25) is 5.95 Å². The second kappa shape index (κ2) is 5.42. The smallest absolute Gasteiger partial charge is 0.221 e. The summed E-state index contributed by atoms with van der Waals surface area (Å²) in [6.07, 6.45) is 6.10. The van der Waals surface area contributed by atoms with Gasteiger partial charge in [-0.3, -0.25) is 4.57 Å². The van der Waals surface area contributed by atoms with Crippen molar-refractivity contribution in [2.75, 3.05) is 5.73 Å². The Hall–Kier alpha value is -1.32. The maximum absolute atomic E-state index is 5.71. The molecule has 1 rings (SSSR count). The zero-order chi connectivity index (χ0) is 10.4. The monoisotopic (exact) mass is 194 g/mol. The van der Waals surface area contributed by atoms with E-state index in [2.05, 4.69) is 23.7 Å². The van der Waals surface area contributed by atoms with E-state index in [1.807, 2.05) is 10.6 Å². The molecule has 0 amide bonds. The predicted molar refractivity (Wildman–Crippen MR) is 57.9 cm³/mol. The van der Waals surface area contributed by atoms with Crippen LogP contribution >= 0.6 is 0 Å². The summed E-state index contributed by atoms with van der Waals surface area (Å²) in [5.74, 6) is 1.42. The van der Waals surface area contributed by atoms with Gasteiger partial charge in [-0.2, -0.15) is 0 Å². The van der Waals surface area contributed by atoms with Gasteiger partial charge in [0.25, 0.3) is 0 Å². The number of nitrogens with zero attached hydrogens (tertiary/aromatic N) is 3. The number of hydrogen-bond donors (Lipinski definition) is 1. The molecular formula is C10H18N4. The third-order valence-electron chi connectivity index (χ3n) is 2.17. The van der Waals surface area contributed by atoms with Gasteiger partial charge in [0, 0.05) is 13.0 Å². The lowest BCUT2D eigenvalue weighted by Gasteiger charge is -2.05. The van der Waals surface area contributed by atoms with Gasteiger partial charge >= 0.3 is 0 Å². The molecule has 1 aromatic heterocycles. The van der Waals surface area contributed by atoms with Crippen LogP contribution in [0.5, 0.6) is 0 Å². The first-order chi connectivity index (χ1) is 6.79. The van der Waals surface area contributed by atoms with Gasteiger partial charge < -0.3 is 5.73 Å². The van der Waals surface area contributed by atoms with E-state index >= 15 is 0 Å². The van der Waals surface area contributed by atoms with Gasteiger partial charge in [0.05, 0.1) is 0 Å². The topological polar surface area (TPSA) is 56.7 Å². The van der Waals surface area contributed by atoms with Crippen LogP contribution in [-0.4, -0.2) is 14.8 Å². The molecular weight excluding hydrogens is 176 g/mol. The molecule has 0 aliphatic carbocycles. The summed E-state index contributed by atoms with van der Waals surface area (Å²) in [6.45, 7) is 6.77. The summed E-state index contributed by atoms with van der Waals surface area (Å²) in [5.41, 5.74) is 5.71. The summed E-state index contributed by atoms with van der Waals surface area (Å²) in [6, 6.07) is 0. The van der Waals surface area contributed by atoms with Crippen LogP contribution in [0.4, 0.5) is 5.95 Å². The Morgan fingerprint density at radius 2 is 2.21 bits per heavy atom. The molecule has 0 aliphatic rings. The summed E-state index contributed by atoms with van der Waals surface area (Å²) in [4.78, 5) is 0. The molecule has 1 aromatic rings. The van der Waals surface area contributed by atoms with Gasteiger partial charge in [0.15, 0.2) is 0 Å². The summed E-state index contributed by atoms with van der Waals surface area (Å²) < 4.78 is 1.97. The molecule has 0 atom stereocenters. The van der Waals surface area contributed by atoms with Crippen molar-refractivity contribution < 1.29 is 0 Å². The molecule has 4 nitrogen and oxygen atoms in total. The SMILES string of the molecule is C=CCc1nnc(N)n1CCCCC. The van der Waals surface area contributed by atoms with Crippen LogP contribution in [0.15, 0.2) is 12.7 Å². The molecule has 0 spiro atoms. The maximum atomic E-state index is 5.71. The van der Waals surface area contributed by atoms with E-state index in [4.69, 9.17) is 5.73 Å². The van der Waals surface area contributed by atoms with Crippen molar-refractivity contribution >= 4 is 5.95 Å². The second-order valence-electron chi connectivity index (χ2n) is 3.33. The molecule has 2 N–H and O–H groups in total. The molecule has 4 heteroatoms. The highest BCUT2D eigenvalue weighted by molar-refractivity contribution is 5.18. The summed E-state index contributed by atoms with van der Waals surface area (Å²) in [7, 11) is 0. The van der Waals surface area contributed by atoms with Crippen LogP contribution < -0.4 is 5.73 Å². The largest absolute Gasteiger partial charge is 0.368 e. The van der Waals surface area contributed by atoms with Gasteiger partial charge in [-0.1, -0.05) is 25.8 Å². The molecule has 1 heterocycles. The van der Waals surface area contributed by atoms with Crippen LogP contribution in [0.3, 0.4) is 0 Å². The Morgan fingerprint density at radius 3 is 2.86 bits per heavy atom. The third-order valence-corrected chi connectivity index (χ3v) is 2.17. The van der Waals surface area contributed by atoms with Crippen LogP contribution in [0, 0.1) is 0 Å². The van der Waals surface area contributed by atoms with Gasteiger partial charge in [-0.25, -0.2) is 0 Å². The first-order valence-corrected chi connectivity index (χ1v) is 5.08. The minimum atomic E-state index is 0.512. The number of unbranched alkanes of at least 4 members (excludes halogenated alkanes) is 2. The average Bonchev–Trinajstić information content (AvgIpc) is 2.50. The lowest BCUT2D eigenvalue weighted by Crippen LogP contribution is -2.07. The Labute approximate surface area is 84.8 Å². The minimum absolute atomic E-state index is 0.512. The summed E-state index contributed by atoms with van der Waals surface area (Å²) in [5, 5.41) is 7.86.